The Hall–Kier alpha value is -1.52. The van der Waals surface area contributed by atoms with Crippen molar-refractivity contribution in [2.45, 2.75) is 13.8 Å². The molecule has 0 aliphatic heterocycles. The van der Waals surface area contributed by atoms with Crippen LogP contribution in [0.2, 0.25) is 0 Å². The van der Waals surface area contributed by atoms with Crippen LogP contribution in [0.3, 0.4) is 0 Å². The SMILES string of the molecule is Cc1ccc(C#Cc2cc(C)ccc2Br)cc1. The van der Waals surface area contributed by atoms with Gasteiger partial charge in [-0.1, -0.05) is 35.6 Å². The van der Waals surface area contributed by atoms with E-state index in [9.17, 15) is 0 Å². The topological polar surface area (TPSA) is 0 Å². The van der Waals surface area contributed by atoms with Gasteiger partial charge in [0.25, 0.3) is 0 Å². The Bertz CT molecular complexity index is 583. The summed E-state index contributed by atoms with van der Waals surface area (Å²) in [6, 6.07) is 14.4. The lowest BCUT2D eigenvalue weighted by atomic mass is 10.1. The van der Waals surface area contributed by atoms with E-state index in [-0.39, 0.29) is 0 Å². The molecule has 0 heterocycles. The first-order chi connectivity index (χ1) is 8.15. The molecule has 1 heteroatoms. The molecule has 2 aromatic carbocycles. The molecular formula is C16H13Br. The second kappa shape index (κ2) is 5.21. The molecule has 0 nitrogen and oxygen atoms in total. The molecule has 0 radical (unpaired) electrons. The normalized spacial score (nSPS) is 9.59. The Morgan fingerprint density at radius 3 is 2.18 bits per heavy atom. The van der Waals surface area contributed by atoms with Gasteiger partial charge in [-0.2, -0.15) is 0 Å². The van der Waals surface area contributed by atoms with Crippen molar-refractivity contribution < 1.29 is 0 Å². The number of hydrogen-bond donors (Lipinski definition) is 0. The standard InChI is InChI=1S/C16H13Br/c1-12-3-6-14(7-4-12)8-9-15-11-13(2)5-10-16(15)17/h3-7,10-11H,1-2H3. The van der Waals surface area contributed by atoms with Crippen LogP contribution in [0.25, 0.3) is 0 Å². The Kier molecular flexibility index (Phi) is 3.66. The van der Waals surface area contributed by atoms with E-state index in [1.54, 1.807) is 0 Å². The number of rotatable bonds is 0. The number of hydrogen-bond acceptors (Lipinski definition) is 0. The van der Waals surface area contributed by atoms with Crippen molar-refractivity contribution in [2.75, 3.05) is 0 Å². The summed E-state index contributed by atoms with van der Waals surface area (Å²) in [5.74, 6) is 6.37. The molecule has 0 atom stereocenters. The summed E-state index contributed by atoms with van der Waals surface area (Å²) < 4.78 is 1.04. The predicted octanol–water partition coefficient (Wildman–Crippen LogP) is 4.47. The third-order valence-corrected chi connectivity index (χ3v) is 3.21. The molecule has 0 N–H and O–H groups in total. The van der Waals surface area contributed by atoms with Gasteiger partial charge < -0.3 is 0 Å². The van der Waals surface area contributed by atoms with E-state index >= 15 is 0 Å². The van der Waals surface area contributed by atoms with Crippen molar-refractivity contribution in [1.82, 2.24) is 0 Å². The predicted molar refractivity (Wildman–Crippen MR) is 76.0 cm³/mol. The van der Waals surface area contributed by atoms with E-state index in [1.165, 1.54) is 11.1 Å². The molecular weight excluding hydrogens is 272 g/mol. The van der Waals surface area contributed by atoms with Crippen LogP contribution < -0.4 is 0 Å². The van der Waals surface area contributed by atoms with E-state index in [4.69, 9.17) is 0 Å². The van der Waals surface area contributed by atoms with Gasteiger partial charge in [-0.25, -0.2) is 0 Å². The summed E-state index contributed by atoms with van der Waals surface area (Å²) >= 11 is 3.51. The third kappa shape index (κ3) is 3.22. The second-order valence-corrected chi connectivity index (χ2v) is 4.95. The molecule has 0 saturated carbocycles. The Balaban J connectivity index is 2.32. The average Bonchev–Trinajstić information content (AvgIpc) is 2.32. The van der Waals surface area contributed by atoms with Crippen molar-refractivity contribution in [3.63, 3.8) is 0 Å². The van der Waals surface area contributed by atoms with Crippen LogP contribution in [0.4, 0.5) is 0 Å². The van der Waals surface area contributed by atoms with Crippen LogP contribution in [-0.4, -0.2) is 0 Å². The van der Waals surface area contributed by atoms with Gasteiger partial charge in [0.1, 0.15) is 0 Å². The van der Waals surface area contributed by atoms with Gasteiger partial charge in [-0.3, -0.25) is 0 Å². The van der Waals surface area contributed by atoms with Gasteiger partial charge in [0.05, 0.1) is 0 Å². The highest BCUT2D eigenvalue weighted by Gasteiger charge is 1.95. The van der Waals surface area contributed by atoms with E-state index in [2.05, 4.69) is 65.9 Å². The molecule has 0 fully saturated rings. The van der Waals surface area contributed by atoms with Gasteiger partial charge in [0.2, 0.25) is 0 Å². The highest BCUT2D eigenvalue weighted by atomic mass is 79.9. The monoisotopic (exact) mass is 284 g/mol. The molecule has 2 rings (SSSR count). The fourth-order valence-electron chi connectivity index (χ4n) is 1.51. The van der Waals surface area contributed by atoms with Gasteiger partial charge in [-0.15, -0.1) is 0 Å². The lowest BCUT2D eigenvalue weighted by molar-refractivity contribution is 1.43. The fraction of sp³-hybridized carbons (Fsp3) is 0.125. The first-order valence-electron chi connectivity index (χ1n) is 5.50. The number of halogens is 1. The summed E-state index contributed by atoms with van der Waals surface area (Å²) in [6.45, 7) is 4.15. The first kappa shape index (κ1) is 12.0. The van der Waals surface area contributed by atoms with Crippen LogP contribution >= 0.6 is 15.9 Å². The zero-order valence-electron chi connectivity index (χ0n) is 9.92. The van der Waals surface area contributed by atoms with Crippen LogP contribution in [0.5, 0.6) is 0 Å². The minimum Gasteiger partial charge on any atom is -0.0616 e. The molecule has 0 bridgehead atoms. The van der Waals surface area contributed by atoms with Gasteiger partial charge in [0.15, 0.2) is 0 Å². The highest BCUT2D eigenvalue weighted by Crippen LogP contribution is 2.17. The van der Waals surface area contributed by atoms with Gasteiger partial charge in [-0.05, 0) is 59.6 Å². The zero-order chi connectivity index (χ0) is 12.3. The van der Waals surface area contributed by atoms with Gasteiger partial charge >= 0.3 is 0 Å². The van der Waals surface area contributed by atoms with E-state index in [1.807, 2.05) is 18.2 Å². The van der Waals surface area contributed by atoms with Crippen molar-refractivity contribution in [2.24, 2.45) is 0 Å². The minimum atomic E-state index is 1.03. The Labute approximate surface area is 111 Å². The van der Waals surface area contributed by atoms with E-state index in [0.717, 1.165) is 15.6 Å². The third-order valence-electron chi connectivity index (χ3n) is 2.51. The molecule has 0 unspecified atom stereocenters. The average molecular weight is 285 g/mol. The van der Waals surface area contributed by atoms with E-state index < -0.39 is 0 Å². The van der Waals surface area contributed by atoms with Crippen LogP contribution in [0, 0.1) is 25.7 Å². The highest BCUT2D eigenvalue weighted by molar-refractivity contribution is 9.10. The Morgan fingerprint density at radius 2 is 1.47 bits per heavy atom. The maximum Gasteiger partial charge on any atom is 0.0393 e. The fourth-order valence-corrected chi connectivity index (χ4v) is 1.86. The maximum atomic E-state index is 3.51. The molecule has 0 aromatic heterocycles. The summed E-state index contributed by atoms with van der Waals surface area (Å²) in [5.41, 5.74) is 4.56. The van der Waals surface area contributed by atoms with Crippen LogP contribution in [0.1, 0.15) is 22.3 Å². The van der Waals surface area contributed by atoms with Crippen molar-refractivity contribution >= 4 is 15.9 Å². The Morgan fingerprint density at radius 1 is 0.824 bits per heavy atom. The molecule has 0 saturated heterocycles. The lowest BCUT2D eigenvalue weighted by Gasteiger charge is -1.97. The van der Waals surface area contributed by atoms with Crippen molar-refractivity contribution in [3.8, 4) is 11.8 Å². The van der Waals surface area contributed by atoms with Crippen molar-refractivity contribution in [1.29, 1.82) is 0 Å². The van der Waals surface area contributed by atoms with Crippen LogP contribution in [-0.2, 0) is 0 Å². The molecule has 84 valence electrons. The minimum absolute atomic E-state index is 1.03. The smallest absolute Gasteiger partial charge is 0.0393 e. The molecule has 2 aromatic rings. The maximum absolute atomic E-state index is 3.51. The molecule has 0 amide bonds. The number of aryl methyl sites for hydroxylation is 2. The molecule has 0 aliphatic rings. The first-order valence-corrected chi connectivity index (χ1v) is 6.29. The zero-order valence-corrected chi connectivity index (χ0v) is 11.5. The van der Waals surface area contributed by atoms with Gasteiger partial charge in [0, 0.05) is 15.6 Å². The second-order valence-electron chi connectivity index (χ2n) is 4.10. The summed E-state index contributed by atoms with van der Waals surface area (Å²) in [7, 11) is 0. The number of benzene rings is 2. The summed E-state index contributed by atoms with van der Waals surface area (Å²) in [6.07, 6.45) is 0. The molecule has 0 spiro atoms. The molecule has 17 heavy (non-hydrogen) atoms. The lowest BCUT2D eigenvalue weighted by Crippen LogP contribution is -1.81. The van der Waals surface area contributed by atoms with E-state index in [0.29, 0.717) is 0 Å². The van der Waals surface area contributed by atoms with Crippen LogP contribution in [0.15, 0.2) is 46.9 Å². The van der Waals surface area contributed by atoms with Crippen molar-refractivity contribution in [3.05, 3.63) is 69.2 Å². The summed E-state index contributed by atoms with van der Waals surface area (Å²) in [5, 5.41) is 0. The quantitative estimate of drug-likeness (QED) is 0.627. The summed E-state index contributed by atoms with van der Waals surface area (Å²) in [4.78, 5) is 0. The molecule has 0 aliphatic carbocycles. The largest absolute Gasteiger partial charge is 0.0616 e.